The second-order valence-electron chi connectivity index (χ2n) is 6.16. The third kappa shape index (κ3) is 4.21. The summed E-state index contributed by atoms with van der Waals surface area (Å²) in [5, 5.41) is 0.309. The van der Waals surface area contributed by atoms with Crippen LogP contribution in [-0.2, 0) is 19.0 Å². The van der Waals surface area contributed by atoms with Crippen molar-refractivity contribution in [1.82, 2.24) is 4.98 Å². The van der Waals surface area contributed by atoms with Gasteiger partial charge in [-0.2, -0.15) is 0 Å². The van der Waals surface area contributed by atoms with Gasteiger partial charge in [0, 0.05) is 25.3 Å². The molecule has 1 aliphatic carbocycles. The molecule has 0 amide bonds. The Labute approximate surface area is 159 Å². The number of oxazole rings is 1. The quantitative estimate of drug-likeness (QED) is 0.414. The molecule has 3 rings (SSSR count). The van der Waals surface area contributed by atoms with E-state index in [-0.39, 0.29) is 12.4 Å². The van der Waals surface area contributed by atoms with E-state index in [9.17, 15) is 14.4 Å². The van der Waals surface area contributed by atoms with Crippen LogP contribution in [0.2, 0.25) is 5.02 Å². The van der Waals surface area contributed by atoms with Gasteiger partial charge in [0.25, 0.3) is 0 Å². The number of fused-ring (bicyclic) bond motifs is 1. The van der Waals surface area contributed by atoms with E-state index in [2.05, 4.69) is 9.72 Å². The molecule has 0 bridgehead atoms. The number of Topliss-reactive ketones (excluding diaryl/α,β-unsaturated/α-hetero) is 1. The van der Waals surface area contributed by atoms with Crippen molar-refractivity contribution in [2.45, 2.75) is 33.5 Å². The maximum atomic E-state index is 12.6. The molecule has 8 nitrogen and oxygen atoms in total. The number of carbonyl (C=O) groups excluding carboxylic acids is 3. The molecule has 1 aromatic heterocycles. The molecule has 144 valence electrons. The van der Waals surface area contributed by atoms with Gasteiger partial charge < -0.3 is 18.6 Å². The van der Waals surface area contributed by atoms with Crippen LogP contribution in [0.25, 0.3) is 11.1 Å². The molecule has 27 heavy (non-hydrogen) atoms. The fraction of sp³-hybridized carbons (Fsp3) is 0.444. The van der Waals surface area contributed by atoms with Crippen LogP contribution < -0.4 is 0 Å². The van der Waals surface area contributed by atoms with E-state index in [0.29, 0.717) is 34.0 Å². The second-order valence-corrected chi connectivity index (χ2v) is 6.56. The first-order valence-corrected chi connectivity index (χ1v) is 8.82. The molecule has 0 spiro atoms. The minimum atomic E-state index is -1.10. The van der Waals surface area contributed by atoms with Gasteiger partial charge in [-0.3, -0.25) is 9.59 Å². The summed E-state index contributed by atoms with van der Waals surface area (Å²) in [6, 6.07) is 3.08. The number of hydrogen-bond acceptors (Lipinski definition) is 8. The van der Waals surface area contributed by atoms with Gasteiger partial charge in [-0.05, 0) is 25.5 Å². The van der Waals surface area contributed by atoms with Crippen molar-refractivity contribution < 1.29 is 33.0 Å². The molecule has 2 aromatic rings. The molecule has 1 saturated carbocycles. The largest absolute Gasteiger partial charge is 0.511 e. The van der Waals surface area contributed by atoms with Crippen LogP contribution >= 0.6 is 11.6 Å². The summed E-state index contributed by atoms with van der Waals surface area (Å²) in [7, 11) is 0. The average molecular weight is 396 g/mol. The molecule has 0 radical (unpaired) electrons. The number of aromatic nitrogens is 1. The second kappa shape index (κ2) is 7.56. The number of nitrogens with zero attached hydrogens (tertiary/aromatic N) is 1. The van der Waals surface area contributed by atoms with E-state index in [4.69, 9.17) is 25.5 Å². The van der Waals surface area contributed by atoms with Crippen molar-refractivity contribution in [2.24, 2.45) is 11.8 Å². The Bertz CT molecular complexity index is 906. The monoisotopic (exact) mass is 395 g/mol. The zero-order valence-corrected chi connectivity index (χ0v) is 15.7. The third-order valence-corrected chi connectivity index (χ3v) is 4.36. The molecule has 0 N–H and O–H groups in total. The Balaban J connectivity index is 1.61. The molecule has 0 saturated heterocycles. The van der Waals surface area contributed by atoms with Crippen molar-refractivity contribution in [3.63, 3.8) is 0 Å². The predicted molar refractivity (Wildman–Crippen MR) is 93.3 cm³/mol. The van der Waals surface area contributed by atoms with Crippen LogP contribution in [0.15, 0.2) is 16.5 Å². The first kappa shape index (κ1) is 19.2. The van der Waals surface area contributed by atoms with E-state index in [0.717, 1.165) is 0 Å². The molecular weight excluding hydrogens is 378 g/mol. The van der Waals surface area contributed by atoms with Crippen LogP contribution in [0.3, 0.4) is 0 Å². The topological polar surface area (TPSA) is 105 Å². The van der Waals surface area contributed by atoms with E-state index >= 15 is 0 Å². The summed E-state index contributed by atoms with van der Waals surface area (Å²) in [6.45, 7) is 4.86. The Morgan fingerprint density at radius 2 is 2.04 bits per heavy atom. The standard InChI is InChI=1S/C18H18ClNO7/c1-4-24-18(23)27-9(3)26-17(22)12-7-11(12)16(21)10-5-13(19)15-14(6-10)25-8(2)20-15/h5-6,9,11-12H,4,7H2,1-3H3/t9?,11-,12-/m0/s1. The number of carbonyl (C=O) groups is 3. The number of hydrogen-bond donors (Lipinski definition) is 0. The van der Waals surface area contributed by atoms with Gasteiger partial charge in [0.1, 0.15) is 5.52 Å². The molecule has 3 atom stereocenters. The summed E-state index contributed by atoms with van der Waals surface area (Å²) in [5.74, 6) is -1.48. The Morgan fingerprint density at radius 3 is 2.74 bits per heavy atom. The number of ketones is 1. The van der Waals surface area contributed by atoms with Gasteiger partial charge in [-0.25, -0.2) is 9.78 Å². The van der Waals surface area contributed by atoms with Crippen molar-refractivity contribution in [1.29, 1.82) is 0 Å². The summed E-state index contributed by atoms with van der Waals surface area (Å²) in [5.41, 5.74) is 1.25. The Hall–Kier alpha value is -2.61. The first-order valence-electron chi connectivity index (χ1n) is 8.45. The number of halogens is 1. The highest BCUT2D eigenvalue weighted by Gasteiger charge is 2.49. The van der Waals surface area contributed by atoms with E-state index in [1.54, 1.807) is 19.9 Å². The highest BCUT2D eigenvalue weighted by molar-refractivity contribution is 6.35. The molecule has 9 heteroatoms. The first-order chi connectivity index (χ1) is 12.8. The number of ether oxygens (including phenoxy) is 3. The summed E-state index contributed by atoms with van der Waals surface area (Å²) < 4.78 is 19.8. The smallest absolute Gasteiger partial charge is 0.441 e. The lowest BCUT2D eigenvalue weighted by Crippen LogP contribution is -2.24. The average Bonchev–Trinajstić information content (AvgIpc) is 3.29. The SMILES string of the molecule is CCOC(=O)OC(C)OC(=O)[C@H]1C[C@@H]1C(=O)c1cc(Cl)c2nc(C)oc2c1. The van der Waals surface area contributed by atoms with E-state index in [1.807, 2.05) is 0 Å². The molecule has 1 aromatic carbocycles. The van der Waals surface area contributed by atoms with E-state index in [1.165, 1.54) is 13.0 Å². The normalized spacial score (nSPS) is 19.4. The lowest BCUT2D eigenvalue weighted by molar-refractivity contribution is -0.169. The minimum absolute atomic E-state index is 0.149. The zero-order chi connectivity index (χ0) is 19.7. The zero-order valence-electron chi connectivity index (χ0n) is 15.0. The van der Waals surface area contributed by atoms with Gasteiger partial charge in [-0.15, -0.1) is 0 Å². The lowest BCUT2D eigenvalue weighted by atomic mass is 10.1. The van der Waals surface area contributed by atoms with Crippen molar-refractivity contribution in [3.05, 3.63) is 28.6 Å². The van der Waals surface area contributed by atoms with Gasteiger partial charge in [0.2, 0.25) is 6.29 Å². The molecular formula is C18H18ClNO7. The van der Waals surface area contributed by atoms with Crippen LogP contribution in [-0.4, -0.2) is 35.8 Å². The molecule has 1 heterocycles. The highest BCUT2D eigenvalue weighted by Crippen LogP contribution is 2.43. The van der Waals surface area contributed by atoms with Crippen LogP contribution in [0.1, 0.15) is 36.5 Å². The van der Waals surface area contributed by atoms with Crippen LogP contribution in [0.4, 0.5) is 4.79 Å². The summed E-state index contributed by atoms with van der Waals surface area (Å²) >= 11 is 6.16. The van der Waals surface area contributed by atoms with Crippen molar-refractivity contribution >= 4 is 40.6 Å². The van der Waals surface area contributed by atoms with Gasteiger partial charge in [-0.1, -0.05) is 11.6 Å². The third-order valence-electron chi connectivity index (χ3n) is 4.08. The van der Waals surface area contributed by atoms with Gasteiger partial charge >= 0.3 is 12.1 Å². The summed E-state index contributed by atoms with van der Waals surface area (Å²) in [4.78, 5) is 40.1. The van der Waals surface area contributed by atoms with Crippen molar-refractivity contribution in [3.8, 4) is 0 Å². The molecule has 1 fully saturated rings. The fourth-order valence-corrected chi connectivity index (χ4v) is 3.02. The molecule has 1 unspecified atom stereocenters. The van der Waals surface area contributed by atoms with Crippen molar-refractivity contribution in [2.75, 3.05) is 6.61 Å². The van der Waals surface area contributed by atoms with E-state index < -0.39 is 30.3 Å². The fourth-order valence-electron chi connectivity index (χ4n) is 2.76. The van der Waals surface area contributed by atoms with Gasteiger partial charge in [0.15, 0.2) is 17.3 Å². The van der Waals surface area contributed by atoms with Crippen LogP contribution in [0.5, 0.6) is 0 Å². The number of rotatable bonds is 6. The number of esters is 1. The predicted octanol–water partition coefficient (Wildman–Crippen LogP) is 3.67. The van der Waals surface area contributed by atoms with Crippen LogP contribution in [0, 0.1) is 18.8 Å². The minimum Gasteiger partial charge on any atom is -0.441 e. The number of benzene rings is 1. The molecule has 0 aliphatic heterocycles. The maximum absolute atomic E-state index is 12.6. The molecule has 1 aliphatic rings. The Kier molecular flexibility index (Phi) is 5.36. The van der Waals surface area contributed by atoms with Gasteiger partial charge in [0.05, 0.1) is 17.5 Å². The maximum Gasteiger partial charge on any atom is 0.511 e. The Morgan fingerprint density at radius 1 is 1.30 bits per heavy atom. The summed E-state index contributed by atoms with van der Waals surface area (Å²) in [6.07, 6.45) is -1.67. The highest BCUT2D eigenvalue weighted by atomic mass is 35.5. The number of aryl methyl sites for hydroxylation is 1. The lowest BCUT2D eigenvalue weighted by Gasteiger charge is -2.13.